The van der Waals surface area contributed by atoms with E-state index in [4.69, 9.17) is 4.74 Å². The lowest BCUT2D eigenvalue weighted by atomic mass is 10.1. The normalized spacial score (nSPS) is 14.8. The number of amides is 1. The molecule has 0 atom stereocenters. The van der Waals surface area contributed by atoms with Gasteiger partial charge in [0.1, 0.15) is 5.75 Å². The van der Waals surface area contributed by atoms with Gasteiger partial charge in [-0.2, -0.15) is 17.5 Å². The molecule has 0 unspecified atom stereocenters. The number of aryl methyl sites for hydroxylation is 2. The first-order valence-corrected chi connectivity index (χ1v) is 13.4. The number of carbonyl (C=O) groups excluding carboxylic acids is 1. The third kappa shape index (κ3) is 6.11. The molecule has 202 valence electrons. The van der Waals surface area contributed by atoms with Gasteiger partial charge in [0, 0.05) is 31.9 Å². The number of piperazine rings is 1. The summed E-state index contributed by atoms with van der Waals surface area (Å²) in [7, 11) is -4.35. The predicted octanol–water partition coefficient (Wildman–Crippen LogP) is 4.85. The van der Waals surface area contributed by atoms with Crippen LogP contribution in [0.2, 0.25) is 0 Å². The highest BCUT2D eigenvalue weighted by atomic mass is 32.2. The predicted molar refractivity (Wildman–Crippen MR) is 139 cm³/mol. The minimum Gasteiger partial charge on any atom is -0.482 e. The van der Waals surface area contributed by atoms with Crippen LogP contribution >= 0.6 is 0 Å². The maximum atomic E-state index is 13.4. The van der Waals surface area contributed by atoms with Crippen molar-refractivity contribution in [3.63, 3.8) is 0 Å². The first kappa shape index (κ1) is 27.5. The Morgan fingerprint density at radius 2 is 1.58 bits per heavy atom. The summed E-state index contributed by atoms with van der Waals surface area (Å²) >= 11 is 0. The summed E-state index contributed by atoms with van der Waals surface area (Å²) in [5, 5.41) is 2.80. The van der Waals surface area contributed by atoms with Crippen LogP contribution in [-0.2, 0) is 21.0 Å². The fraction of sp³-hybridized carbons (Fsp3) is 0.296. The first-order valence-electron chi connectivity index (χ1n) is 12.0. The van der Waals surface area contributed by atoms with Crippen LogP contribution < -0.4 is 15.0 Å². The number of anilines is 2. The zero-order valence-corrected chi connectivity index (χ0v) is 21.8. The summed E-state index contributed by atoms with van der Waals surface area (Å²) < 4.78 is 73.3. The molecule has 1 heterocycles. The molecule has 38 heavy (non-hydrogen) atoms. The Hall–Kier alpha value is -3.57. The van der Waals surface area contributed by atoms with E-state index in [0.29, 0.717) is 17.1 Å². The van der Waals surface area contributed by atoms with E-state index in [2.05, 4.69) is 5.32 Å². The Morgan fingerprint density at radius 1 is 0.921 bits per heavy atom. The number of sulfonamides is 1. The topological polar surface area (TPSA) is 79.0 Å². The molecule has 1 N–H and O–H groups in total. The monoisotopic (exact) mass is 547 g/mol. The van der Waals surface area contributed by atoms with Gasteiger partial charge in [0.15, 0.2) is 6.61 Å². The molecule has 1 amide bonds. The van der Waals surface area contributed by atoms with E-state index in [-0.39, 0.29) is 38.7 Å². The Bertz CT molecular complexity index is 1420. The molecule has 7 nitrogen and oxygen atoms in total. The van der Waals surface area contributed by atoms with Gasteiger partial charge in [-0.05, 0) is 61.4 Å². The highest BCUT2D eigenvalue weighted by Gasteiger charge is 2.39. The van der Waals surface area contributed by atoms with Gasteiger partial charge in [0.05, 0.1) is 16.1 Å². The molecule has 0 aliphatic carbocycles. The lowest BCUT2D eigenvalue weighted by Crippen LogP contribution is -2.49. The average molecular weight is 548 g/mol. The van der Waals surface area contributed by atoms with Crippen molar-refractivity contribution in [2.75, 3.05) is 43.0 Å². The Morgan fingerprint density at radius 3 is 2.26 bits per heavy atom. The molecule has 1 fully saturated rings. The van der Waals surface area contributed by atoms with E-state index in [0.717, 1.165) is 27.6 Å². The van der Waals surface area contributed by atoms with Gasteiger partial charge in [-0.25, -0.2) is 8.42 Å². The van der Waals surface area contributed by atoms with E-state index in [9.17, 15) is 26.4 Å². The molecule has 4 rings (SSSR count). The maximum absolute atomic E-state index is 13.4. The van der Waals surface area contributed by atoms with Gasteiger partial charge in [0.25, 0.3) is 5.91 Å². The quantitative estimate of drug-likeness (QED) is 0.458. The number of halogens is 3. The summed E-state index contributed by atoms with van der Waals surface area (Å²) in [5.74, 6) is 0.115. The van der Waals surface area contributed by atoms with Crippen LogP contribution in [0.1, 0.15) is 16.7 Å². The van der Waals surface area contributed by atoms with Crippen molar-refractivity contribution in [3.8, 4) is 5.75 Å². The summed E-state index contributed by atoms with van der Waals surface area (Å²) in [4.78, 5) is 13.6. The fourth-order valence-corrected chi connectivity index (χ4v) is 5.87. The van der Waals surface area contributed by atoms with Crippen molar-refractivity contribution < 1.29 is 31.1 Å². The number of hydrogen-bond acceptors (Lipinski definition) is 5. The molecule has 1 saturated heterocycles. The van der Waals surface area contributed by atoms with E-state index < -0.39 is 26.7 Å². The smallest absolute Gasteiger partial charge is 0.417 e. The van der Waals surface area contributed by atoms with Crippen molar-refractivity contribution in [3.05, 3.63) is 83.4 Å². The number of benzene rings is 3. The molecular weight excluding hydrogens is 519 g/mol. The molecule has 3 aromatic carbocycles. The van der Waals surface area contributed by atoms with Crippen LogP contribution in [0.3, 0.4) is 0 Å². The second-order valence-electron chi connectivity index (χ2n) is 8.99. The number of ether oxygens (including phenoxy) is 1. The van der Waals surface area contributed by atoms with Gasteiger partial charge in [-0.1, -0.05) is 30.3 Å². The van der Waals surface area contributed by atoms with E-state index in [1.807, 2.05) is 36.9 Å². The van der Waals surface area contributed by atoms with Crippen LogP contribution in [-0.4, -0.2) is 51.4 Å². The average Bonchev–Trinajstić information content (AvgIpc) is 2.89. The number of hydrogen-bond donors (Lipinski definition) is 1. The summed E-state index contributed by atoms with van der Waals surface area (Å²) in [6.45, 7) is 4.18. The zero-order chi connectivity index (χ0) is 27.5. The molecule has 11 heteroatoms. The summed E-state index contributed by atoms with van der Waals surface area (Å²) in [5.41, 5.74) is 2.32. The first-order chi connectivity index (χ1) is 18.0. The second-order valence-corrected chi connectivity index (χ2v) is 10.9. The molecule has 0 bridgehead atoms. The van der Waals surface area contributed by atoms with Crippen LogP contribution in [0, 0.1) is 13.8 Å². The third-order valence-electron chi connectivity index (χ3n) is 6.40. The van der Waals surface area contributed by atoms with Gasteiger partial charge in [0.2, 0.25) is 10.0 Å². The van der Waals surface area contributed by atoms with Crippen LogP contribution in [0.4, 0.5) is 24.5 Å². The van der Waals surface area contributed by atoms with E-state index in [1.165, 1.54) is 12.1 Å². The molecule has 3 aromatic rings. The largest absolute Gasteiger partial charge is 0.482 e. The van der Waals surface area contributed by atoms with E-state index in [1.54, 1.807) is 24.3 Å². The molecule has 0 saturated carbocycles. The summed E-state index contributed by atoms with van der Waals surface area (Å²) in [6.07, 6.45) is -4.79. The van der Waals surface area contributed by atoms with Crippen LogP contribution in [0.15, 0.2) is 71.6 Å². The molecule has 1 aliphatic heterocycles. The minimum absolute atomic E-state index is 0.00385. The number of para-hydroxylation sites is 2. The van der Waals surface area contributed by atoms with Gasteiger partial charge >= 0.3 is 6.18 Å². The standard InChI is InChI=1S/C27H28F3N3O4S/c1-19-11-12-21(17-20(19)2)31-26(34)18-37-24-9-5-4-8-23(24)32-13-15-33(16-14-32)38(35,36)25-10-6-3-7-22(25)27(28,29)30/h3-12,17H,13-16,18H2,1-2H3,(H,31,34). The SMILES string of the molecule is Cc1ccc(NC(=O)COc2ccccc2N2CCN(S(=O)(=O)c3ccccc3C(F)(F)F)CC2)cc1C. The molecule has 0 radical (unpaired) electrons. The minimum atomic E-state index is -4.79. The highest BCUT2D eigenvalue weighted by Crippen LogP contribution is 2.36. The van der Waals surface area contributed by atoms with Crippen molar-refractivity contribution in [1.82, 2.24) is 4.31 Å². The van der Waals surface area contributed by atoms with Crippen molar-refractivity contribution in [2.45, 2.75) is 24.9 Å². The molecule has 0 aromatic heterocycles. The number of carbonyl (C=O) groups is 1. The van der Waals surface area contributed by atoms with Gasteiger partial charge < -0.3 is 15.0 Å². The Labute approximate surface area is 219 Å². The summed E-state index contributed by atoms with van der Waals surface area (Å²) in [6, 6.07) is 16.9. The number of nitrogens with zero attached hydrogens (tertiary/aromatic N) is 2. The third-order valence-corrected chi connectivity index (χ3v) is 8.36. The lowest BCUT2D eigenvalue weighted by molar-refractivity contribution is -0.140. The van der Waals surface area contributed by atoms with Crippen molar-refractivity contribution >= 4 is 27.3 Å². The van der Waals surface area contributed by atoms with Crippen molar-refractivity contribution in [1.29, 1.82) is 0 Å². The zero-order valence-electron chi connectivity index (χ0n) is 21.0. The highest BCUT2D eigenvalue weighted by molar-refractivity contribution is 7.89. The van der Waals surface area contributed by atoms with Crippen molar-refractivity contribution in [2.24, 2.45) is 0 Å². The maximum Gasteiger partial charge on any atom is 0.417 e. The fourth-order valence-electron chi connectivity index (χ4n) is 4.23. The van der Waals surface area contributed by atoms with Crippen LogP contribution in [0.5, 0.6) is 5.75 Å². The van der Waals surface area contributed by atoms with Gasteiger partial charge in [-0.3, -0.25) is 4.79 Å². The lowest BCUT2D eigenvalue weighted by Gasteiger charge is -2.36. The number of nitrogens with one attached hydrogen (secondary N) is 1. The van der Waals surface area contributed by atoms with Crippen LogP contribution in [0.25, 0.3) is 0 Å². The Kier molecular flexibility index (Phi) is 7.98. The van der Waals surface area contributed by atoms with Gasteiger partial charge in [-0.15, -0.1) is 0 Å². The molecule has 1 aliphatic rings. The number of rotatable bonds is 7. The Balaban J connectivity index is 1.41. The molecule has 0 spiro atoms. The molecular formula is C27H28F3N3O4S. The second kappa shape index (κ2) is 11.0. The van der Waals surface area contributed by atoms with E-state index >= 15 is 0 Å². The number of alkyl halides is 3.